The first-order valence-electron chi connectivity index (χ1n) is 6.25. The summed E-state index contributed by atoms with van der Waals surface area (Å²) in [4.78, 5) is 11.8. The summed E-state index contributed by atoms with van der Waals surface area (Å²) in [5, 5.41) is 9.72. The Morgan fingerprint density at radius 2 is 1.47 bits per heavy atom. The van der Waals surface area contributed by atoms with E-state index in [2.05, 4.69) is 0 Å². The SMILES string of the molecule is CC1=C(c2ccccc2)[C@@]1(C(=O)O)c1ccccc1. The summed E-state index contributed by atoms with van der Waals surface area (Å²) in [7, 11) is 0. The number of aliphatic carboxylic acids is 1. The van der Waals surface area contributed by atoms with Crippen LogP contribution in [0.25, 0.3) is 5.57 Å². The van der Waals surface area contributed by atoms with Crippen molar-refractivity contribution in [3.63, 3.8) is 0 Å². The van der Waals surface area contributed by atoms with Crippen LogP contribution in [0.1, 0.15) is 18.1 Å². The average molecular weight is 250 g/mol. The van der Waals surface area contributed by atoms with Gasteiger partial charge in [-0.05, 0) is 29.2 Å². The number of benzene rings is 2. The highest BCUT2D eigenvalue weighted by Crippen LogP contribution is 2.59. The fraction of sp³-hybridized carbons (Fsp3) is 0.118. The molecule has 0 aromatic heterocycles. The van der Waals surface area contributed by atoms with E-state index in [4.69, 9.17) is 0 Å². The molecule has 0 fully saturated rings. The lowest BCUT2D eigenvalue weighted by Gasteiger charge is -2.15. The molecule has 0 spiro atoms. The van der Waals surface area contributed by atoms with Crippen LogP contribution in [-0.4, -0.2) is 11.1 Å². The van der Waals surface area contributed by atoms with Crippen LogP contribution in [0.15, 0.2) is 66.2 Å². The second-order valence-electron chi connectivity index (χ2n) is 4.79. The Labute approximate surface area is 112 Å². The predicted octanol–water partition coefficient (Wildman–Crippen LogP) is 3.50. The fourth-order valence-corrected chi connectivity index (χ4v) is 2.88. The Morgan fingerprint density at radius 1 is 0.947 bits per heavy atom. The molecule has 94 valence electrons. The first kappa shape index (κ1) is 11.7. The van der Waals surface area contributed by atoms with Crippen molar-refractivity contribution in [2.45, 2.75) is 12.3 Å². The predicted molar refractivity (Wildman–Crippen MR) is 74.8 cm³/mol. The molecule has 2 aromatic carbocycles. The van der Waals surface area contributed by atoms with E-state index in [1.807, 2.05) is 67.6 Å². The molecule has 0 saturated carbocycles. The van der Waals surface area contributed by atoms with Gasteiger partial charge in [-0.3, -0.25) is 4.79 Å². The molecule has 0 saturated heterocycles. The Hall–Kier alpha value is -2.35. The maximum Gasteiger partial charge on any atom is 0.322 e. The summed E-state index contributed by atoms with van der Waals surface area (Å²) in [6.07, 6.45) is 0. The zero-order valence-corrected chi connectivity index (χ0v) is 10.6. The topological polar surface area (TPSA) is 37.3 Å². The molecule has 0 unspecified atom stereocenters. The minimum Gasteiger partial charge on any atom is -0.480 e. The van der Waals surface area contributed by atoms with Crippen LogP contribution in [-0.2, 0) is 10.2 Å². The molecule has 0 radical (unpaired) electrons. The molecule has 0 bridgehead atoms. The second-order valence-corrected chi connectivity index (χ2v) is 4.79. The maximum atomic E-state index is 11.8. The van der Waals surface area contributed by atoms with E-state index in [0.29, 0.717) is 0 Å². The van der Waals surface area contributed by atoms with Gasteiger partial charge in [0.2, 0.25) is 0 Å². The van der Waals surface area contributed by atoms with Gasteiger partial charge in [-0.15, -0.1) is 0 Å². The van der Waals surface area contributed by atoms with Gasteiger partial charge in [0.05, 0.1) is 0 Å². The van der Waals surface area contributed by atoms with Gasteiger partial charge in [0, 0.05) is 0 Å². The molecule has 0 aliphatic heterocycles. The van der Waals surface area contributed by atoms with Crippen molar-refractivity contribution in [1.82, 2.24) is 0 Å². The largest absolute Gasteiger partial charge is 0.480 e. The van der Waals surface area contributed by atoms with Crippen molar-refractivity contribution in [3.05, 3.63) is 77.4 Å². The zero-order valence-electron chi connectivity index (χ0n) is 10.6. The molecule has 1 N–H and O–H groups in total. The third-order valence-electron chi connectivity index (χ3n) is 3.84. The zero-order chi connectivity index (χ0) is 13.5. The monoisotopic (exact) mass is 250 g/mol. The van der Waals surface area contributed by atoms with Crippen LogP contribution in [0.4, 0.5) is 0 Å². The highest BCUT2D eigenvalue weighted by atomic mass is 16.4. The van der Waals surface area contributed by atoms with E-state index in [1.165, 1.54) is 0 Å². The number of carbonyl (C=O) groups is 1. The maximum absolute atomic E-state index is 11.8. The summed E-state index contributed by atoms with van der Waals surface area (Å²) in [5.74, 6) is -0.796. The molecule has 2 aromatic rings. The summed E-state index contributed by atoms with van der Waals surface area (Å²) in [5.41, 5.74) is 2.75. The number of hydrogen-bond acceptors (Lipinski definition) is 1. The van der Waals surface area contributed by atoms with Crippen molar-refractivity contribution >= 4 is 11.5 Å². The minimum atomic E-state index is -0.928. The third kappa shape index (κ3) is 1.53. The van der Waals surface area contributed by atoms with Crippen molar-refractivity contribution < 1.29 is 9.90 Å². The molecule has 1 atom stereocenters. The first-order chi connectivity index (χ1) is 9.19. The van der Waals surface area contributed by atoms with Crippen molar-refractivity contribution in [1.29, 1.82) is 0 Å². The lowest BCUT2D eigenvalue weighted by atomic mass is 9.86. The van der Waals surface area contributed by atoms with Crippen LogP contribution in [0, 0.1) is 0 Å². The number of rotatable bonds is 3. The van der Waals surface area contributed by atoms with Gasteiger partial charge >= 0.3 is 5.97 Å². The first-order valence-corrected chi connectivity index (χ1v) is 6.25. The Bertz CT molecular complexity index is 656. The molecule has 0 amide bonds. The Kier molecular flexibility index (Phi) is 2.53. The normalized spacial score (nSPS) is 21.3. The fourth-order valence-electron chi connectivity index (χ4n) is 2.88. The molecule has 3 rings (SSSR count). The van der Waals surface area contributed by atoms with E-state index in [9.17, 15) is 9.90 Å². The number of hydrogen-bond donors (Lipinski definition) is 1. The molecule has 19 heavy (non-hydrogen) atoms. The molecule has 2 nitrogen and oxygen atoms in total. The van der Waals surface area contributed by atoms with E-state index in [1.54, 1.807) is 0 Å². The van der Waals surface area contributed by atoms with Crippen LogP contribution in [0.2, 0.25) is 0 Å². The van der Waals surface area contributed by atoms with E-state index >= 15 is 0 Å². The van der Waals surface area contributed by atoms with Crippen LogP contribution >= 0.6 is 0 Å². The standard InChI is InChI=1S/C17H14O2/c1-12-15(13-8-4-2-5-9-13)17(12,16(18)19)14-10-6-3-7-11-14/h2-11H,1H3,(H,18,19)/t17-/m0/s1. The minimum absolute atomic E-state index is 0.796. The van der Waals surface area contributed by atoms with E-state index in [0.717, 1.165) is 22.3 Å². The number of carboxylic acids is 1. The van der Waals surface area contributed by atoms with Crippen LogP contribution in [0.5, 0.6) is 0 Å². The molecular formula is C17H14O2. The van der Waals surface area contributed by atoms with Crippen LogP contribution < -0.4 is 0 Å². The Morgan fingerprint density at radius 3 is 2.00 bits per heavy atom. The summed E-state index contributed by atoms with van der Waals surface area (Å²) in [6.45, 7) is 1.91. The quantitative estimate of drug-likeness (QED) is 0.905. The van der Waals surface area contributed by atoms with Gasteiger partial charge in [-0.25, -0.2) is 0 Å². The average Bonchev–Trinajstić information content (AvgIpc) is 3.08. The highest BCUT2D eigenvalue weighted by molar-refractivity contribution is 6.14. The third-order valence-corrected chi connectivity index (χ3v) is 3.84. The van der Waals surface area contributed by atoms with Gasteiger partial charge < -0.3 is 5.11 Å². The van der Waals surface area contributed by atoms with Gasteiger partial charge in [0.15, 0.2) is 0 Å². The summed E-state index contributed by atoms with van der Waals surface area (Å²) < 4.78 is 0. The summed E-state index contributed by atoms with van der Waals surface area (Å²) >= 11 is 0. The van der Waals surface area contributed by atoms with Crippen molar-refractivity contribution in [2.75, 3.05) is 0 Å². The lowest BCUT2D eigenvalue weighted by molar-refractivity contribution is -0.139. The van der Waals surface area contributed by atoms with Gasteiger partial charge in [-0.1, -0.05) is 60.7 Å². The van der Waals surface area contributed by atoms with Gasteiger partial charge in [0.25, 0.3) is 0 Å². The van der Waals surface area contributed by atoms with Crippen LogP contribution in [0.3, 0.4) is 0 Å². The van der Waals surface area contributed by atoms with Gasteiger partial charge in [0.1, 0.15) is 5.41 Å². The number of carboxylic acid groups (broad SMARTS) is 1. The van der Waals surface area contributed by atoms with Gasteiger partial charge in [-0.2, -0.15) is 0 Å². The molecule has 1 aliphatic carbocycles. The molecule has 0 heterocycles. The second kappa shape index (κ2) is 4.09. The molecular weight excluding hydrogens is 236 g/mol. The summed E-state index contributed by atoms with van der Waals surface area (Å²) in [6, 6.07) is 19.2. The van der Waals surface area contributed by atoms with E-state index < -0.39 is 11.4 Å². The molecule has 2 heteroatoms. The molecule has 1 aliphatic rings. The lowest BCUT2D eigenvalue weighted by Crippen LogP contribution is -2.25. The Balaban J connectivity index is 2.11. The smallest absolute Gasteiger partial charge is 0.322 e. The highest BCUT2D eigenvalue weighted by Gasteiger charge is 2.58. The van der Waals surface area contributed by atoms with Crippen molar-refractivity contribution in [2.24, 2.45) is 0 Å². The van der Waals surface area contributed by atoms with E-state index in [-0.39, 0.29) is 0 Å². The van der Waals surface area contributed by atoms with Crippen molar-refractivity contribution in [3.8, 4) is 0 Å².